The van der Waals surface area contributed by atoms with Gasteiger partial charge in [-0.2, -0.15) is 5.26 Å². The Labute approximate surface area is 151 Å². The molecule has 0 spiro atoms. The molecule has 3 aromatic rings. The molecule has 0 radical (unpaired) electrons. The maximum Gasteiger partial charge on any atom is 0.195 e. The van der Waals surface area contributed by atoms with Crippen LogP contribution in [0, 0.1) is 25.2 Å². The fraction of sp³-hybridized carbons (Fsp3) is 0.211. The van der Waals surface area contributed by atoms with Gasteiger partial charge in [-0.05, 0) is 55.8 Å². The minimum absolute atomic E-state index is 0.552. The summed E-state index contributed by atoms with van der Waals surface area (Å²) in [7, 11) is 0. The molecule has 0 saturated heterocycles. The van der Waals surface area contributed by atoms with E-state index in [0.29, 0.717) is 12.2 Å². The maximum absolute atomic E-state index is 8.80. The molecule has 1 aromatic heterocycles. The average molecular weight is 350 g/mol. The number of aromatic nitrogens is 3. The first-order valence-electron chi connectivity index (χ1n) is 7.92. The number of nitriles is 1. The van der Waals surface area contributed by atoms with Crippen molar-refractivity contribution in [2.75, 3.05) is 12.4 Å². The van der Waals surface area contributed by atoms with Crippen LogP contribution in [0.1, 0.15) is 17.0 Å². The van der Waals surface area contributed by atoms with Crippen LogP contribution >= 0.6 is 11.8 Å². The lowest BCUT2D eigenvalue weighted by atomic mass is 10.2. The van der Waals surface area contributed by atoms with Gasteiger partial charge in [-0.25, -0.2) is 0 Å². The van der Waals surface area contributed by atoms with Crippen LogP contribution in [0.5, 0.6) is 5.75 Å². The second-order valence-corrected chi connectivity index (χ2v) is 6.60. The summed E-state index contributed by atoms with van der Waals surface area (Å²) in [4.78, 5) is 0. The van der Waals surface area contributed by atoms with E-state index in [9.17, 15) is 0 Å². The average Bonchev–Trinajstić information content (AvgIpc) is 3.00. The second-order valence-electron chi connectivity index (χ2n) is 5.54. The number of ether oxygens (including phenoxy) is 1. The Bertz CT molecular complexity index is 897. The van der Waals surface area contributed by atoms with Gasteiger partial charge in [0.15, 0.2) is 5.16 Å². The van der Waals surface area contributed by atoms with Gasteiger partial charge in [0.05, 0.1) is 18.2 Å². The Morgan fingerprint density at radius 1 is 1.12 bits per heavy atom. The zero-order chi connectivity index (χ0) is 17.6. The minimum Gasteiger partial charge on any atom is -0.493 e. The first-order chi connectivity index (χ1) is 12.2. The van der Waals surface area contributed by atoms with Crippen LogP contribution in [0.2, 0.25) is 0 Å². The highest BCUT2D eigenvalue weighted by Crippen LogP contribution is 2.22. The van der Waals surface area contributed by atoms with Gasteiger partial charge in [0.2, 0.25) is 0 Å². The SMILES string of the molecule is Cc1cccc(-n2c(C)nnc2SCCOc2ccc(C#N)cc2)c1. The minimum atomic E-state index is 0.552. The van der Waals surface area contributed by atoms with Gasteiger partial charge in [-0.15, -0.1) is 10.2 Å². The van der Waals surface area contributed by atoms with E-state index < -0.39 is 0 Å². The number of nitrogens with zero attached hydrogens (tertiary/aromatic N) is 4. The van der Waals surface area contributed by atoms with Crippen LogP contribution in [0.15, 0.2) is 53.7 Å². The molecular formula is C19H18N4OS. The molecule has 0 aliphatic carbocycles. The molecule has 5 nitrogen and oxygen atoms in total. The van der Waals surface area contributed by atoms with Crippen molar-refractivity contribution < 1.29 is 4.74 Å². The Hall–Kier alpha value is -2.78. The van der Waals surface area contributed by atoms with E-state index in [4.69, 9.17) is 10.00 Å². The number of benzene rings is 2. The Morgan fingerprint density at radius 2 is 1.92 bits per heavy atom. The standard InChI is InChI=1S/C19H18N4OS/c1-14-4-3-5-17(12-14)23-15(2)21-22-19(23)25-11-10-24-18-8-6-16(13-20)7-9-18/h3-9,12H,10-11H2,1-2H3. The predicted octanol–water partition coefficient (Wildman–Crippen LogP) is 3.93. The van der Waals surface area contributed by atoms with E-state index in [1.807, 2.05) is 25.1 Å². The lowest BCUT2D eigenvalue weighted by Crippen LogP contribution is -2.03. The van der Waals surface area contributed by atoms with Crippen molar-refractivity contribution in [3.8, 4) is 17.5 Å². The Kier molecular flexibility index (Phi) is 5.36. The highest BCUT2D eigenvalue weighted by atomic mass is 32.2. The van der Waals surface area contributed by atoms with E-state index in [1.165, 1.54) is 5.56 Å². The van der Waals surface area contributed by atoms with Crippen molar-refractivity contribution in [1.82, 2.24) is 14.8 Å². The van der Waals surface area contributed by atoms with Gasteiger partial charge in [0.1, 0.15) is 11.6 Å². The third-order valence-corrected chi connectivity index (χ3v) is 4.51. The molecule has 25 heavy (non-hydrogen) atoms. The highest BCUT2D eigenvalue weighted by Gasteiger charge is 2.11. The molecule has 0 amide bonds. The first kappa shape index (κ1) is 17.1. The van der Waals surface area contributed by atoms with Gasteiger partial charge in [-0.3, -0.25) is 4.57 Å². The van der Waals surface area contributed by atoms with Gasteiger partial charge >= 0.3 is 0 Å². The molecule has 0 aliphatic rings. The van der Waals surface area contributed by atoms with Crippen LogP contribution in [0.4, 0.5) is 0 Å². The zero-order valence-electron chi connectivity index (χ0n) is 14.1. The van der Waals surface area contributed by atoms with Crippen LogP contribution in [0.3, 0.4) is 0 Å². The molecule has 2 aromatic carbocycles. The Morgan fingerprint density at radius 3 is 2.64 bits per heavy atom. The van der Waals surface area contributed by atoms with Gasteiger partial charge in [-0.1, -0.05) is 23.9 Å². The molecular weight excluding hydrogens is 332 g/mol. The molecule has 0 bridgehead atoms. The van der Waals surface area contributed by atoms with Gasteiger partial charge in [0, 0.05) is 11.4 Å². The Balaban J connectivity index is 1.61. The topological polar surface area (TPSA) is 63.7 Å². The summed E-state index contributed by atoms with van der Waals surface area (Å²) in [6.45, 7) is 4.57. The van der Waals surface area contributed by atoms with E-state index in [1.54, 1.807) is 23.9 Å². The number of thioether (sulfide) groups is 1. The monoisotopic (exact) mass is 350 g/mol. The number of rotatable bonds is 6. The number of hydrogen-bond acceptors (Lipinski definition) is 5. The van der Waals surface area contributed by atoms with Crippen LogP contribution in [-0.2, 0) is 0 Å². The molecule has 3 rings (SSSR count). The zero-order valence-corrected chi connectivity index (χ0v) is 15.0. The molecule has 0 fully saturated rings. The summed E-state index contributed by atoms with van der Waals surface area (Å²) in [5, 5.41) is 18.1. The first-order valence-corrected chi connectivity index (χ1v) is 8.91. The lowest BCUT2D eigenvalue weighted by Gasteiger charge is -2.09. The third kappa shape index (κ3) is 4.20. The normalized spacial score (nSPS) is 10.4. The summed E-state index contributed by atoms with van der Waals surface area (Å²) in [6.07, 6.45) is 0. The summed E-state index contributed by atoms with van der Waals surface area (Å²) in [6, 6.07) is 17.5. The summed E-state index contributed by atoms with van der Waals surface area (Å²) in [5.74, 6) is 2.38. The fourth-order valence-corrected chi connectivity index (χ4v) is 3.23. The predicted molar refractivity (Wildman–Crippen MR) is 98.2 cm³/mol. The van der Waals surface area contributed by atoms with Crippen LogP contribution in [0.25, 0.3) is 5.69 Å². The van der Waals surface area contributed by atoms with E-state index in [2.05, 4.69) is 46.0 Å². The van der Waals surface area contributed by atoms with Crippen molar-refractivity contribution in [3.05, 3.63) is 65.5 Å². The summed E-state index contributed by atoms with van der Waals surface area (Å²) in [5.41, 5.74) is 2.90. The maximum atomic E-state index is 8.80. The lowest BCUT2D eigenvalue weighted by molar-refractivity contribution is 0.344. The van der Waals surface area contributed by atoms with Crippen LogP contribution in [-0.4, -0.2) is 27.1 Å². The molecule has 0 atom stereocenters. The number of hydrogen-bond donors (Lipinski definition) is 0. The van der Waals surface area contributed by atoms with E-state index in [-0.39, 0.29) is 0 Å². The van der Waals surface area contributed by atoms with Gasteiger partial charge < -0.3 is 4.74 Å². The van der Waals surface area contributed by atoms with Crippen molar-refractivity contribution in [2.24, 2.45) is 0 Å². The molecule has 0 unspecified atom stereocenters. The van der Waals surface area contributed by atoms with Crippen molar-refractivity contribution in [1.29, 1.82) is 5.26 Å². The molecule has 6 heteroatoms. The van der Waals surface area contributed by atoms with Crippen molar-refractivity contribution in [2.45, 2.75) is 19.0 Å². The summed E-state index contributed by atoms with van der Waals surface area (Å²) >= 11 is 1.61. The highest BCUT2D eigenvalue weighted by molar-refractivity contribution is 7.99. The quantitative estimate of drug-likeness (QED) is 0.498. The molecule has 1 heterocycles. The van der Waals surface area contributed by atoms with Crippen LogP contribution < -0.4 is 4.74 Å². The van der Waals surface area contributed by atoms with E-state index >= 15 is 0 Å². The van der Waals surface area contributed by atoms with E-state index in [0.717, 1.165) is 28.2 Å². The fourth-order valence-electron chi connectivity index (χ4n) is 2.42. The van der Waals surface area contributed by atoms with Crippen molar-refractivity contribution in [3.63, 3.8) is 0 Å². The smallest absolute Gasteiger partial charge is 0.195 e. The summed E-state index contributed by atoms with van der Waals surface area (Å²) < 4.78 is 7.77. The molecule has 0 saturated carbocycles. The van der Waals surface area contributed by atoms with Crippen molar-refractivity contribution >= 4 is 11.8 Å². The second kappa shape index (κ2) is 7.86. The largest absolute Gasteiger partial charge is 0.493 e. The molecule has 0 N–H and O–H groups in total. The van der Waals surface area contributed by atoms with Gasteiger partial charge in [0.25, 0.3) is 0 Å². The number of aryl methyl sites for hydroxylation is 2. The third-order valence-electron chi connectivity index (χ3n) is 3.62. The molecule has 126 valence electrons. The molecule has 0 aliphatic heterocycles.